The number of benzene rings is 1. The van der Waals surface area contributed by atoms with Crippen LogP contribution in [0.2, 0.25) is 25.7 Å². The third-order valence-electron chi connectivity index (χ3n) is 8.72. The second kappa shape index (κ2) is 14.6. The maximum Gasteiger partial charge on any atom is 0.423 e. The standard InChI is InChI=1S/C33H38F7N7O4Si/c1-20(44-26-16-43-47(19-51-10-11-52(2,3)4)30(49)27(26)32(35,36)37)6-5-8-45-9-7-21-12-24(25(34)13-23(21)29(45)48)28-41-14-22(15-42-28)46-17-31(50,18-46)33(38,39)40/h7,9,12-16,20,44,50H,5-6,8,10-11,17-19H2,1-4H3/t20-/m0/s1. The van der Waals surface area contributed by atoms with Crippen LogP contribution in [0, 0.1) is 5.82 Å². The largest absolute Gasteiger partial charge is 0.423 e. The SMILES string of the molecule is C[C@@H](CCCn1ccc2cc(-c3ncc(N4CC(O)(C(F)(F)F)C4)cn3)c(F)cc2c1=O)Nc1cnn(COCC[Si](C)(C)C)c(=O)c1C(F)(F)F. The minimum atomic E-state index is -4.95. The first kappa shape index (κ1) is 38.9. The highest BCUT2D eigenvalue weighted by molar-refractivity contribution is 6.76. The van der Waals surface area contributed by atoms with Gasteiger partial charge in [-0.3, -0.25) is 9.59 Å². The Hall–Kier alpha value is -4.36. The number of aryl methyl sites for hydroxylation is 1. The second-order valence-corrected chi connectivity index (χ2v) is 19.8. The first-order valence-corrected chi connectivity index (χ1v) is 20.1. The molecule has 0 spiro atoms. The number of rotatable bonds is 13. The van der Waals surface area contributed by atoms with Gasteiger partial charge in [0, 0.05) is 33.5 Å². The second-order valence-electron chi connectivity index (χ2n) is 14.2. The molecule has 0 bridgehead atoms. The van der Waals surface area contributed by atoms with Gasteiger partial charge in [0.2, 0.25) is 0 Å². The van der Waals surface area contributed by atoms with Gasteiger partial charge < -0.3 is 24.6 Å². The Balaban J connectivity index is 1.21. The van der Waals surface area contributed by atoms with Crippen molar-refractivity contribution in [1.82, 2.24) is 24.3 Å². The van der Waals surface area contributed by atoms with Crippen LogP contribution in [0.1, 0.15) is 25.3 Å². The smallest absolute Gasteiger partial charge is 0.381 e. The molecular formula is C33H38F7N7O4Si. The lowest BCUT2D eigenvalue weighted by molar-refractivity contribution is -0.267. The average molecular weight is 758 g/mol. The van der Waals surface area contributed by atoms with Crippen molar-refractivity contribution in [1.29, 1.82) is 0 Å². The molecule has 0 saturated carbocycles. The van der Waals surface area contributed by atoms with Crippen LogP contribution >= 0.6 is 0 Å². The highest BCUT2D eigenvalue weighted by Crippen LogP contribution is 2.40. The molecule has 4 heterocycles. The van der Waals surface area contributed by atoms with Crippen molar-refractivity contribution >= 4 is 30.2 Å². The number of aliphatic hydroxyl groups is 1. The summed E-state index contributed by atoms with van der Waals surface area (Å²) in [4.78, 5) is 35.3. The number of ether oxygens (including phenoxy) is 1. The molecule has 1 aliphatic rings. The molecule has 0 unspecified atom stereocenters. The number of hydrogen-bond acceptors (Lipinski definition) is 9. The van der Waals surface area contributed by atoms with Crippen molar-refractivity contribution in [2.45, 2.75) is 82.7 Å². The normalized spacial score (nSPS) is 15.5. The Kier molecular flexibility index (Phi) is 10.9. The summed E-state index contributed by atoms with van der Waals surface area (Å²) in [6, 6.07) is 4.22. The minimum absolute atomic E-state index is 0.0403. The first-order valence-electron chi connectivity index (χ1n) is 16.4. The number of nitrogens with one attached hydrogen (secondary N) is 1. The molecule has 2 N–H and O–H groups in total. The number of halogens is 7. The maximum atomic E-state index is 15.2. The Bertz CT molecular complexity index is 2020. The van der Waals surface area contributed by atoms with Crippen molar-refractivity contribution in [2.24, 2.45) is 0 Å². The molecule has 3 aromatic heterocycles. The molecule has 4 aromatic rings. The lowest BCUT2D eigenvalue weighted by Gasteiger charge is -2.47. The van der Waals surface area contributed by atoms with Crippen LogP contribution in [-0.2, 0) is 24.2 Å². The van der Waals surface area contributed by atoms with Crippen LogP contribution < -0.4 is 21.3 Å². The van der Waals surface area contributed by atoms with Crippen LogP contribution in [0.15, 0.2) is 52.6 Å². The zero-order valence-electron chi connectivity index (χ0n) is 28.8. The van der Waals surface area contributed by atoms with Gasteiger partial charge in [-0.1, -0.05) is 19.6 Å². The highest BCUT2D eigenvalue weighted by atomic mass is 28.3. The predicted molar refractivity (Wildman–Crippen MR) is 182 cm³/mol. The van der Waals surface area contributed by atoms with Gasteiger partial charge in [0.15, 0.2) is 11.4 Å². The van der Waals surface area contributed by atoms with Gasteiger partial charge >= 0.3 is 12.4 Å². The molecule has 1 fully saturated rings. The summed E-state index contributed by atoms with van der Waals surface area (Å²) in [5.41, 5.74) is -6.33. The van der Waals surface area contributed by atoms with Crippen LogP contribution in [0.25, 0.3) is 22.2 Å². The van der Waals surface area contributed by atoms with Gasteiger partial charge in [0.05, 0.1) is 54.0 Å². The van der Waals surface area contributed by atoms with E-state index in [2.05, 4.69) is 40.0 Å². The summed E-state index contributed by atoms with van der Waals surface area (Å²) in [7, 11) is -1.44. The van der Waals surface area contributed by atoms with E-state index >= 15 is 4.39 Å². The van der Waals surface area contributed by atoms with Crippen molar-refractivity contribution in [3.63, 3.8) is 0 Å². The number of fused-ring (bicyclic) bond motifs is 1. The van der Waals surface area contributed by atoms with Crippen LogP contribution in [0.5, 0.6) is 0 Å². The third-order valence-corrected chi connectivity index (χ3v) is 10.4. The third kappa shape index (κ3) is 8.63. The topological polar surface area (TPSA) is 127 Å². The van der Waals surface area contributed by atoms with Crippen molar-refractivity contribution in [3.05, 3.63) is 75.1 Å². The van der Waals surface area contributed by atoms with Crippen LogP contribution in [-0.4, -0.2) is 75.0 Å². The summed E-state index contributed by atoms with van der Waals surface area (Å²) in [5.74, 6) is -0.870. The fourth-order valence-electron chi connectivity index (χ4n) is 5.62. The Morgan fingerprint density at radius 2 is 1.71 bits per heavy atom. The van der Waals surface area contributed by atoms with E-state index in [9.17, 15) is 41.0 Å². The summed E-state index contributed by atoms with van der Waals surface area (Å²) in [6.45, 7) is 6.68. The number of nitrogens with zero attached hydrogens (tertiary/aromatic N) is 6. The lowest BCUT2D eigenvalue weighted by atomic mass is 9.93. The van der Waals surface area contributed by atoms with E-state index in [1.165, 1.54) is 34.1 Å². The first-order chi connectivity index (χ1) is 24.2. The summed E-state index contributed by atoms with van der Waals surface area (Å²) in [6.07, 6.45) is -4.21. The molecule has 11 nitrogen and oxygen atoms in total. The van der Waals surface area contributed by atoms with Gasteiger partial charge in [-0.25, -0.2) is 19.0 Å². The molecule has 52 heavy (non-hydrogen) atoms. The zero-order chi connectivity index (χ0) is 38.2. The Morgan fingerprint density at radius 1 is 1.04 bits per heavy atom. The molecular weight excluding hydrogens is 719 g/mol. The van der Waals surface area contributed by atoms with E-state index in [1.54, 1.807) is 13.0 Å². The molecule has 282 valence electrons. The van der Waals surface area contributed by atoms with E-state index < -0.39 is 80.1 Å². The van der Waals surface area contributed by atoms with Crippen LogP contribution in [0.3, 0.4) is 0 Å². The number of alkyl halides is 6. The fourth-order valence-corrected chi connectivity index (χ4v) is 6.38. The number of aromatic nitrogens is 5. The molecule has 1 saturated heterocycles. The number of hydrogen-bond donors (Lipinski definition) is 2. The molecule has 5 rings (SSSR count). The van der Waals surface area contributed by atoms with Crippen LogP contribution in [0.4, 0.5) is 42.1 Å². The highest BCUT2D eigenvalue weighted by Gasteiger charge is 2.61. The van der Waals surface area contributed by atoms with E-state index in [1.807, 2.05) is 0 Å². The molecule has 0 aliphatic carbocycles. The van der Waals surface area contributed by atoms with Gasteiger partial charge in [0.1, 0.15) is 18.1 Å². The number of pyridine rings is 1. The maximum absolute atomic E-state index is 15.2. The van der Waals surface area contributed by atoms with E-state index in [0.29, 0.717) is 29.5 Å². The minimum Gasteiger partial charge on any atom is -0.381 e. The fraction of sp³-hybridized carbons (Fsp3) is 0.485. The Labute approximate surface area is 294 Å². The number of β-amino-alcohol motifs (C(OH)–C–C–N with tert-alkyl or cyclic N) is 1. The quantitative estimate of drug-likeness (QED) is 0.0977. The molecule has 1 atom stereocenters. The lowest BCUT2D eigenvalue weighted by Crippen LogP contribution is -2.69. The van der Waals surface area contributed by atoms with E-state index in [0.717, 1.165) is 18.3 Å². The zero-order valence-corrected chi connectivity index (χ0v) is 29.8. The molecule has 1 aromatic carbocycles. The van der Waals surface area contributed by atoms with Crippen molar-refractivity contribution in [3.8, 4) is 11.4 Å². The Morgan fingerprint density at radius 3 is 2.33 bits per heavy atom. The van der Waals surface area contributed by atoms with E-state index in [-0.39, 0.29) is 29.0 Å². The van der Waals surface area contributed by atoms with Crippen molar-refractivity contribution < 1.29 is 40.6 Å². The summed E-state index contributed by atoms with van der Waals surface area (Å²) >= 11 is 0. The van der Waals surface area contributed by atoms with Gasteiger partial charge in [-0.05, 0) is 49.4 Å². The summed E-state index contributed by atoms with van der Waals surface area (Å²) < 4.78 is 103. The van der Waals surface area contributed by atoms with Crippen molar-refractivity contribution in [2.75, 3.05) is 29.9 Å². The van der Waals surface area contributed by atoms with Gasteiger partial charge in [0.25, 0.3) is 11.1 Å². The molecule has 19 heteroatoms. The summed E-state index contributed by atoms with van der Waals surface area (Å²) in [5, 5.41) is 16.7. The van der Waals surface area contributed by atoms with Gasteiger partial charge in [-0.2, -0.15) is 31.4 Å². The molecule has 0 radical (unpaired) electrons. The molecule has 1 aliphatic heterocycles. The average Bonchev–Trinajstić information content (AvgIpc) is 3.02. The predicted octanol–water partition coefficient (Wildman–Crippen LogP) is 5.88. The van der Waals surface area contributed by atoms with Gasteiger partial charge in [-0.15, -0.1) is 0 Å². The monoisotopic (exact) mass is 757 g/mol. The molecule has 0 amide bonds. The number of anilines is 2. The van der Waals surface area contributed by atoms with E-state index in [4.69, 9.17) is 4.74 Å².